The summed E-state index contributed by atoms with van der Waals surface area (Å²) >= 11 is 3.53. The quantitative estimate of drug-likeness (QED) is 0.858. The average molecular weight is 394 g/mol. The van der Waals surface area contributed by atoms with Crippen molar-refractivity contribution in [2.75, 3.05) is 13.2 Å². The fourth-order valence-electron chi connectivity index (χ4n) is 3.03. The first-order valence-electron chi connectivity index (χ1n) is 7.28. The van der Waals surface area contributed by atoms with E-state index in [9.17, 15) is 18.0 Å². The number of hydrogen-bond acceptors (Lipinski definition) is 3. The molecule has 1 amide bonds. The maximum absolute atomic E-state index is 12.4. The molecule has 1 atom stereocenters. The van der Waals surface area contributed by atoms with Crippen LogP contribution in [0.15, 0.2) is 4.47 Å². The van der Waals surface area contributed by atoms with Crippen molar-refractivity contribution in [3.8, 4) is 11.5 Å². The second-order valence-corrected chi connectivity index (χ2v) is 6.47. The molecule has 1 aromatic carbocycles. The Morgan fingerprint density at radius 1 is 1.22 bits per heavy atom. The molecule has 0 spiro atoms. The van der Waals surface area contributed by atoms with E-state index in [1.807, 2.05) is 5.32 Å². The number of alkyl halides is 3. The van der Waals surface area contributed by atoms with Gasteiger partial charge in [0.2, 0.25) is 0 Å². The van der Waals surface area contributed by atoms with Crippen LogP contribution in [0.1, 0.15) is 23.6 Å². The first-order chi connectivity index (χ1) is 10.8. The van der Waals surface area contributed by atoms with Crippen LogP contribution in [0.3, 0.4) is 0 Å². The number of benzene rings is 1. The van der Waals surface area contributed by atoms with Gasteiger partial charge in [-0.25, -0.2) is 0 Å². The summed E-state index contributed by atoms with van der Waals surface area (Å²) < 4.78 is 49.3. The molecule has 0 aromatic heterocycles. The molecule has 0 radical (unpaired) electrons. The number of nitrogens with one attached hydrogen (secondary N) is 1. The minimum absolute atomic E-state index is 0.267. The lowest BCUT2D eigenvalue weighted by molar-refractivity contribution is -0.174. The van der Waals surface area contributed by atoms with E-state index in [-0.39, 0.29) is 6.42 Å². The number of carbonyl (C=O) groups is 1. The molecular weight excluding hydrogens is 379 g/mol. The van der Waals surface area contributed by atoms with E-state index >= 15 is 0 Å². The molecule has 0 saturated carbocycles. The van der Waals surface area contributed by atoms with Gasteiger partial charge in [0, 0.05) is 35.6 Å². The molecule has 1 aromatic rings. The molecule has 2 heterocycles. The van der Waals surface area contributed by atoms with Gasteiger partial charge in [0.05, 0.1) is 17.7 Å². The Labute approximate surface area is 139 Å². The number of amides is 1. The molecule has 0 fully saturated rings. The maximum atomic E-state index is 12.4. The molecule has 2 aliphatic rings. The van der Waals surface area contributed by atoms with E-state index in [0.29, 0.717) is 25.4 Å². The van der Waals surface area contributed by atoms with E-state index in [1.165, 1.54) is 0 Å². The van der Waals surface area contributed by atoms with Crippen LogP contribution < -0.4 is 14.8 Å². The van der Waals surface area contributed by atoms with Crippen molar-refractivity contribution in [1.82, 2.24) is 5.32 Å². The predicted octanol–water partition coefficient (Wildman–Crippen LogP) is 2.93. The third-order valence-corrected chi connectivity index (χ3v) is 4.83. The highest BCUT2D eigenvalue weighted by atomic mass is 79.9. The standard InChI is InChI=1S/C15H15BrF3NO3/c1-7(20-14(21)15(17,18)19)6-10-8-2-4-23-13(8)11(16)9-3-5-22-12(9)10/h7H,2-6H2,1H3,(H,20,21)/t7-/m0/s1. The highest BCUT2D eigenvalue weighted by Crippen LogP contribution is 2.47. The molecule has 2 aliphatic heterocycles. The number of rotatable bonds is 3. The van der Waals surface area contributed by atoms with Crippen LogP contribution in [-0.4, -0.2) is 31.3 Å². The van der Waals surface area contributed by atoms with Crippen molar-refractivity contribution >= 4 is 21.8 Å². The van der Waals surface area contributed by atoms with Crippen LogP contribution >= 0.6 is 15.9 Å². The minimum atomic E-state index is -4.88. The van der Waals surface area contributed by atoms with Gasteiger partial charge in [-0.15, -0.1) is 0 Å². The molecule has 1 N–H and O–H groups in total. The SMILES string of the molecule is C[C@@H](Cc1c2c(c(Br)c3c1OCC3)OCC2)NC(=O)C(F)(F)F. The third-order valence-electron chi connectivity index (χ3n) is 3.99. The van der Waals surface area contributed by atoms with Gasteiger partial charge in [0.15, 0.2) is 0 Å². The van der Waals surface area contributed by atoms with Gasteiger partial charge in [-0.2, -0.15) is 13.2 Å². The maximum Gasteiger partial charge on any atom is 0.471 e. The Morgan fingerprint density at radius 2 is 1.83 bits per heavy atom. The summed E-state index contributed by atoms with van der Waals surface area (Å²) in [5.41, 5.74) is 2.77. The zero-order chi connectivity index (χ0) is 16.8. The third kappa shape index (κ3) is 3.00. The summed E-state index contributed by atoms with van der Waals surface area (Å²) in [7, 11) is 0. The van der Waals surface area contributed by atoms with Crippen molar-refractivity contribution in [1.29, 1.82) is 0 Å². The van der Waals surface area contributed by atoms with Crippen LogP contribution in [0, 0.1) is 0 Å². The topological polar surface area (TPSA) is 47.6 Å². The fraction of sp³-hybridized carbons (Fsp3) is 0.533. The Hall–Kier alpha value is -1.44. The van der Waals surface area contributed by atoms with Crippen molar-refractivity contribution in [3.63, 3.8) is 0 Å². The van der Waals surface area contributed by atoms with E-state index in [4.69, 9.17) is 9.47 Å². The van der Waals surface area contributed by atoms with E-state index in [0.717, 1.165) is 33.3 Å². The Morgan fingerprint density at radius 3 is 2.48 bits per heavy atom. The van der Waals surface area contributed by atoms with Crippen LogP contribution in [0.2, 0.25) is 0 Å². The van der Waals surface area contributed by atoms with Crippen molar-refractivity contribution in [3.05, 3.63) is 21.2 Å². The Bertz CT molecular complexity index is 625. The van der Waals surface area contributed by atoms with Gasteiger partial charge >= 0.3 is 12.1 Å². The van der Waals surface area contributed by atoms with Crippen LogP contribution in [0.4, 0.5) is 13.2 Å². The van der Waals surface area contributed by atoms with Crippen molar-refractivity contribution in [2.24, 2.45) is 0 Å². The predicted molar refractivity (Wildman–Crippen MR) is 79.9 cm³/mol. The van der Waals surface area contributed by atoms with Crippen molar-refractivity contribution < 1.29 is 27.4 Å². The molecule has 0 saturated heterocycles. The summed E-state index contributed by atoms with van der Waals surface area (Å²) in [6.07, 6.45) is -3.21. The normalized spacial score (nSPS) is 17.1. The fourth-order valence-corrected chi connectivity index (χ4v) is 3.76. The van der Waals surface area contributed by atoms with E-state index in [2.05, 4.69) is 15.9 Å². The molecule has 8 heteroatoms. The number of fused-ring (bicyclic) bond motifs is 2. The highest BCUT2D eigenvalue weighted by Gasteiger charge is 2.39. The number of hydrogen-bond donors (Lipinski definition) is 1. The molecule has 4 nitrogen and oxygen atoms in total. The second-order valence-electron chi connectivity index (χ2n) is 5.68. The lowest BCUT2D eigenvalue weighted by Crippen LogP contribution is -2.42. The molecule has 126 valence electrons. The highest BCUT2D eigenvalue weighted by molar-refractivity contribution is 9.10. The van der Waals surface area contributed by atoms with Crippen LogP contribution in [0.25, 0.3) is 0 Å². The van der Waals surface area contributed by atoms with Gasteiger partial charge in [0.25, 0.3) is 0 Å². The monoisotopic (exact) mass is 393 g/mol. The van der Waals surface area contributed by atoms with E-state index in [1.54, 1.807) is 6.92 Å². The molecule has 0 aliphatic carbocycles. The van der Waals surface area contributed by atoms with E-state index < -0.39 is 18.1 Å². The second kappa shape index (κ2) is 5.89. The molecule has 3 rings (SSSR count). The smallest absolute Gasteiger partial charge is 0.471 e. The first-order valence-corrected chi connectivity index (χ1v) is 8.07. The summed E-state index contributed by atoms with van der Waals surface area (Å²) in [4.78, 5) is 11.1. The molecular formula is C15H15BrF3NO3. The molecule has 0 unspecified atom stereocenters. The largest absolute Gasteiger partial charge is 0.493 e. The number of ether oxygens (including phenoxy) is 2. The summed E-state index contributed by atoms with van der Waals surface area (Å²) in [5, 5.41) is 1.99. The van der Waals surface area contributed by atoms with Gasteiger partial charge in [-0.05, 0) is 29.3 Å². The Kier molecular flexibility index (Phi) is 4.20. The summed E-state index contributed by atoms with van der Waals surface area (Å²) in [6, 6.07) is -0.664. The molecule has 0 bridgehead atoms. The number of carbonyl (C=O) groups excluding carboxylic acids is 1. The lowest BCUT2D eigenvalue weighted by atomic mass is 9.95. The summed E-state index contributed by atoms with van der Waals surface area (Å²) in [6.45, 7) is 2.62. The minimum Gasteiger partial charge on any atom is -0.493 e. The van der Waals surface area contributed by atoms with Crippen molar-refractivity contribution in [2.45, 2.75) is 38.4 Å². The Balaban J connectivity index is 1.88. The van der Waals surface area contributed by atoms with Gasteiger partial charge in [-0.1, -0.05) is 0 Å². The van der Waals surface area contributed by atoms with Gasteiger partial charge < -0.3 is 14.8 Å². The lowest BCUT2D eigenvalue weighted by Gasteiger charge is -2.19. The van der Waals surface area contributed by atoms with Gasteiger partial charge in [0.1, 0.15) is 11.5 Å². The van der Waals surface area contributed by atoms with Crippen LogP contribution in [-0.2, 0) is 24.1 Å². The zero-order valence-electron chi connectivity index (χ0n) is 12.3. The number of halogens is 4. The molecule has 23 heavy (non-hydrogen) atoms. The van der Waals surface area contributed by atoms with Crippen LogP contribution in [0.5, 0.6) is 11.5 Å². The average Bonchev–Trinajstić information content (AvgIpc) is 3.11. The zero-order valence-corrected chi connectivity index (χ0v) is 13.9. The van der Waals surface area contributed by atoms with Gasteiger partial charge in [-0.3, -0.25) is 4.79 Å². The summed E-state index contributed by atoms with van der Waals surface area (Å²) in [5.74, 6) is -0.458. The first kappa shape index (κ1) is 16.4.